The number of nitrogens with zero attached hydrogens (tertiary/aromatic N) is 2. The Balaban J connectivity index is 2.82. The molecule has 0 amide bonds. The van der Waals surface area contributed by atoms with Gasteiger partial charge in [0.1, 0.15) is 0 Å². The SMILES string of the molecule is CN(C)CC[C@@](C)(C#N)c1ccccc1. The number of benzene rings is 1. The number of hydrogen-bond acceptors (Lipinski definition) is 2. The molecule has 2 nitrogen and oxygen atoms in total. The maximum atomic E-state index is 9.28. The van der Waals surface area contributed by atoms with Gasteiger partial charge in [0, 0.05) is 0 Å². The molecule has 1 atom stereocenters. The third-order valence-electron chi connectivity index (χ3n) is 2.72. The minimum atomic E-state index is -0.370. The molecule has 80 valence electrons. The van der Waals surface area contributed by atoms with Gasteiger partial charge >= 0.3 is 0 Å². The molecule has 0 unspecified atom stereocenters. The summed E-state index contributed by atoms with van der Waals surface area (Å²) in [5.41, 5.74) is 0.736. The van der Waals surface area contributed by atoms with Crippen LogP contribution < -0.4 is 0 Å². The average Bonchev–Trinajstić information content (AvgIpc) is 2.27. The first kappa shape index (κ1) is 11.7. The van der Waals surface area contributed by atoms with Gasteiger partial charge < -0.3 is 4.90 Å². The van der Waals surface area contributed by atoms with E-state index in [1.807, 2.05) is 51.4 Å². The van der Waals surface area contributed by atoms with Crippen molar-refractivity contribution in [3.8, 4) is 6.07 Å². The van der Waals surface area contributed by atoms with Gasteiger partial charge in [-0.2, -0.15) is 5.26 Å². The van der Waals surface area contributed by atoms with Gasteiger partial charge in [-0.15, -0.1) is 0 Å². The van der Waals surface area contributed by atoms with Crippen molar-refractivity contribution in [3.63, 3.8) is 0 Å². The van der Waals surface area contributed by atoms with Crippen molar-refractivity contribution < 1.29 is 0 Å². The van der Waals surface area contributed by atoms with Gasteiger partial charge in [-0.3, -0.25) is 0 Å². The quantitative estimate of drug-likeness (QED) is 0.749. The van der Waals surface area contributed by atoms with E-state index in [4.69, 9.17) is 0 Å². The van der Waals surface area contributed by atoms with Crippen LogP contribution in [0.25, 0.3) is 0 Å². The molecule has 0 N–H and O–H groups in total. The van der Waals surface area contributed by atoms with Crippen LogP contribution in [0.4, 0.5) is 0 Å². The highest BCUT2D eigenvalue weighted by Crippen LogP contribution is 2.26. The summed E-state index contributed by atoms with van der Waals surface area (Å²) in [6, 6.07) is 12.4. The molecule has 0 aliphatic heterocycles. The Hall–Kier alpha value is -1.33. The lowest BCUT2D eigenvalue weighted by atomic mass is 9.81. The molecule has 1 aromatic rings. The molecule has 0 aliphatic carbocycles. The van der Waals surface area contributed by atoms with Gasteiger partial charge in [0.25, 0.3) is 0 Å². The Morgan fingerprint density at radius 2 is 1.87 bits per heavy atom. The highest BCUT2D eigenvalue weighted by atomic mass is 15.0. The fourth-order valence-electron chi connectivity index (χ4n) is 1.52. The van der Waals surface area contributed by atoms with E-state index in [1.54, 1.807) is 0 Å². The first-order chi connectivity index (χ1) is 7.08. The summed E-state index contributed by atoms with van der Waals surface area (Å²) in [4.78, 5) is 2.11. The van der Waals surface area contributed by atoms with Crippen LogP contribution in [-0.4, -0.2) is 25.5 Å². The highest BCUT2D eigenvalue weighted by molar-refractivity contribution is 5.30. The molecule has 15 heavy (non-hydrogen) atoms. The van der Waals surface area contributed by atoms with Crippen LogP contribution in [0.15, 0.2) is 30.3 Å². The third kappa shape index (κ3) is 3.07. The molecule has 0 saturated carbocycles. The van der Waals surface area contributed by atoms with Crippen molar-refractivity contribution in [1.82, 2.24) is 4.90 Å². The van der Waals surface area contributed by atoms with Gasteiger partial charge in [-0.05, 0) is 39.5 Å². The number of hydrogen-bond donors (Lipinski definition) is 0. The lowest BCUT2D eigenvalue weighted by Crippen LogP contribution is -2.26. The van der Waals surface area contributed by atoms with Crippen LogP contribution in [0, 0.1) is 11.3 Å². The summed E-state index contributed by atoms with van der Waals surface area (Å²) in [5, 5.41) is 9.28. The summed E-state index contributed by atoms with van der Waals surface area (Å²) < 4.78 is 0. The minimum absolute atomic E-state index is 0.370. The third-order valence-corrected chi connectivity index (χ3v) is 2.72. The lowest BCUT2D eigenvalue weighted by Gasteiger charge is -2.23. The maximum Gasteiger partial charge on any atom is 0.0806 e. The zero-order chi connectivity index (χ0) is 11.3. The summed E-state index contributed by atoms with van der Waals surface area (Å²) in [6.45, 7) is 2.94. The predicted molar refractivity (Wildman–Crippen MR) is 62.6 cm³/mol. The summed E-state index contributed by atoms with van der Waals surface area (Å²) >= 11 is 0. The van der Waals surface area contributed by atoms with Crippen LogP contribution in [-0.2, 0) is 5.41 Å². The Morgan fingerprint density at radius 1 is 1.27 bits per heavy atom. The van der Waals surface area contributed by atoms with E-state index in [0.717, 1.165) is 18.5 Å². The van der Waals surface area contributed by atoms with E-state index in [0.29, 0.717) is 0 Å². The minimum Gasteiger partial charge on any atom is -0.309 e. The molecule has 0 fully saturated rings. The van der Waals surface area contributed by atoms with Crippen LogP contribution in [0.1, 0.15) is 18.9 Å². The van der Waals surface area contributed by atoms with Crippen LogP contribution in [0.3, 0.4) is 0 Å². The van der Waals surface area contributed by atoms with Gasteiger partial charge in [-0.25, -0.2) is 0 Å². The number of nitriles is 1. The smallest absolute Gasteiger partial charge is 0.0806 e. The fraction of sp³-hybridized carbons (Fsp3) is 0.462. The monoisotopic (exact) mass is 202 g/mol. The average molecular weight is 202 g/mol. The largest absolute Gasteiger partial charge is 0.309 e. The molecular weight excluding hydrogens is 184 g/mol. The second kappa shape index (κ2) is 4.95. The van der Waals surface area contributed by atoms with E-state index in [1.165, 1.54) is 0 Å². The lowest BCUT2D eigenvalue weighted by molar-refractivity contribution is 0.363. The molecule has 1 aromatic carbocycles. The normalized spacial score (nSPS) is 14.6. The van der Waals surface area contributed by atoms with Crippen LogP contribution in [0.2, 0.25) is 0 Å². The first-order valence-electron chi connectivity index (χ1n) is 5.20. The Bertz CT molecular complexity index is 337. The highest BCUT2D eigenvalue weighted by Gasteiger charge is 2.25. The molecule has 1 rings (SSSR count). The second-order valence-corrected chi connectivity index (χ2v) is 4.36. The maximum absolute atomic E-state index is 9.28. The summed E-state index contributed by atoms with van der Waals surface area (Å²) in [5.74, 6) is 0. The predicted octanol–water partition coefficient (Wildman–Crippen LogP) is 2.42. The van der Waals surface area contributed by atoms with Crippen molar-refractivity contribution in [2.75, 3.05) is 20.6 Å². The van der Waals surface area contributed by atoms with Crippen molar-refractivity contribution in [2.24, 2.45) is 0 Å². The Morgan fingerprint density at radius 3 is 2.33 bits per heavy atom. The van der Waals surface area contributed by atoms with Gasteiger partial charge in [-0.1, -0.05) is 30.3 Å². The molecule has 0 heterocycles. The van der Waals surface area contributed by atoms with Gasteiger partial charge in [0.15, 0.2) is 0 Å². The Labute approximate surface area is 92.1 Å². The molecule has 0 radical (unpaired) electrons. The molecular formula is C13H18N2. The van der Waals surface area contributed by atoms with Gasteiger partial charge in [0.05, 0.1) is 11.5 Å². The zero-order valence-corrected chi connectivity index (χ0v) is 9.70. The molecule has 0 spiro atoms. The van der Waals surface area contributed by atoms with E-state index in [9.17, 15) is 5.26 Å². The zero-order valence-electron chi connectivity index (χ0n) is 9.70. The summed E-state index contributed by atoms with van der Waals surface area (Å²) in [7, 11) is 4.06. The van der Waals surface area contributed by atoms with Crippen LogP contribution in [0.5, 0.6) is 0 Å². The summed E-state index contributed by atoms with van der Waals surface area (Å²) in [6.07, 6.45) is 0.862. The topological polar surface area (TPSA) is 27.0 Å². The Kier molecular flexibility index (Phi) is 3.88. The molecule has 0 aromatic heterocycles. The molecule has 2 heteroatoms. The van der Waals surface area contributed by atoms with Crippen molar-refractivity contribution in [2.45, 2.75) is 18.8 Å². The van der Waals surface area contributed by atoms with E-state index < -0.39 is 0 Å². The molecule has 0 saturated heterocycles. The van der Waals surface area contributed by atoms with Crippen molar-refractivity contribution in [3.05, 3.63) is 35.9 Å². The second-order valence-electron chi connectivity index (χ2n) is 4.36. The van der Waals surface area contributed by atoms with Crippen molar-refractivity contribution in [1.29, 1.82) is 5.26 Å². The van der Waals surface area contributed by atoms with E-state index in [-0.39, 0.29) is 5.41 Å². The standard InChI is InChI=1S/C13H18N2/c1-13(11-14,9-10-15(2)3)12-7-5-4-6-8-12/h4-8H,9-10H2,1-3H3/t13-/m0/s1. The first-order valence-corrected chi connectivity index (χ1v) is 5.20. The van der Waals surface area contributed by atoms with Crippen LogP contribution >= 0.6 is 0 Å². The fourth-order valence-corrected chi connectivity index (χ4v) is 1.52. The molecule has 0 aliphatic rings. The molecule has 0 bridgehead atoms. The van der Waals surface area contributed by atoms with E-state index in [2.05, 4.69) is 11.0 Å². The van der Waals surface area contributed by atoms with Crippen molar-refractivity contribution >= 4 is 0 Å². The van der Waals surface area contributed by atoms with Gasteiger partial charge in [0.2, 0.25) is 0 Å². The van der Waals surface area contributed by atoms with E-state index >= 15 is 0 Å². The number of rotatable bonds is 4.